The van der Waals surface area contributed by atoms with Gasteiger partial charge < -0.3 is 0 Å². The van der Waals surface area contributed by atoms with Crippen molar-refractivity contribution in [1.29, 1.82) is 0 Å². The average molecular weight is 299 g/mol. The summed E-state index contributed by atoms with van der Waals surface area (Å²) in [7, 11) is 0. The summed E-state index contributed by atoms with van der Waals surface area (Å²) in [4.78, 5) is 0. The zero-order chi connectivity index (χ0) is 15.4. The van der Waals surface area contributed by atoms with Crippen LogP contribution in [0.1, 0.15) is 99.3 Å². The summed E-state index contributed by atoms with van der Waals surface area (Å²) < 4.78 is 0.261. The van der Waals surface area contributed by atoms with E-state index in [9.17, 15) is 0 Å². The number of thiol groups is 1. The fourth-order valence-corrected chi connectivity index (χ4v) is 5.21. The molecule has 0 aromatic carbocycles. The normalized spacial score (nSPS) is 27.4. The lowest BCUT2D eigenvalue weighted by Crippen LogP contribution is -2.52. The van der Waals surface area contributed by atoms with Crippen molar-refractivity contribution in [3.05, 3.63) is 0 Å². The van der Waals surface area contributed by atoms with Crippen molar-refractivity contribution in [2.45, 2.75) is 104 Å². The minimum atomic E-state index is 0.261. The summed E-state index contributed by atoms with van der Waals surface area (Å²) >= 11 is 5.00. The summed E-state index contributed by atoms with van der Waals surface area (Å²) in [6.07, 6.45) is 12.0. The summed E-state index contributed by atoms with van der Waals surface area (Å²) in [5.74, 6) is 0.921. The largest absolute Gasteiger partial charge is 0.173 e. The van der Waals surface area contributed by atoms with E-state index in [1.165, 1.54) is 57.8 Å². The van der Waals surface area contributed by atoms with Crippen LogP contribution in [0.5, 0.6) is 0 Å². The van der Waals surface area contributed by atoms with Crippen molar-refractivity contribution in [3.63, 3.8) is 0 Å². The number of hydrogen-bond acceptors (Lipinski definition) is 1. The molecule has 0 aromatic heterocycles. The van der Waals surface area contributed by atoms with E-state index in [1.54, 1.807) is 0 Å². The molecule has 0 saturated heterocycles. The van der Waals surface area contributed by atoms with E-state index >= 15 is 0 Å². The van der Waals surface area contributed by atoms with Crippen molar-refractivity contribution >= 4 is 12.6 Å². The van der Waals surface area contributed by atoms with E-state index in [4.69, 9.17) is 12.6 Å². The van der Waals surface area contributed by atoms with Crippen molar-refractivity contribution in [3.8, 4) is 0 Å². The lowest BCUT2D eigenvalue weighted by molar-refractivity contribution is -0.110. The second kappa shape index (κ2) is 7.07. The molecule has 1 aliphatic carbocycles. The van der Waals surface area contributed by atoms with E-state index in [-0.39, 0.29) is 4.75 Å². The Balaban J connectivity index is 2.92. The molecule has 1 rings (SSSR count). The van der Waals surface area contributed by atoms with Crippen LogP contribution >= 0.6 is 12.6 Å². The molecule has 0 aliphatic heterocycles. The van der Waals surface area contributed by atoms with Crippen molar-refractivity contribution in [2.75, 3.05) is 0 Å². The molecule has 0 heterocycles. The Kier molecular flexibility index (Phi) is 6.51. The molecule has 0 spiro atoms. The standard InChI is InChI=1S/C19H38S/c1-7-17(8-2,14-15-18(20,9-3)10-4)19(11-5)13-12-16(19)6/h16,20H,7-15H2,1-6H3. The van der Waals surface area contributed by atoms with Gasteiger partial charge in [0.15, 0.2) is 0 Å². The maximum atomic E-state index is 5.00. The third kappa shape index (κ3) is 2.94. The van der Waals surface area contributed by atoms with Crippen LogP contribution in [0, 0.1) is 16.7 Å². The first-order valence-corrected chi connectivity index (χ1v) is 9.56. The molecular formula is C19H38S. The van der Waals surface area contributed by atoms with Crippen molar-refractivity contribution in [1.82, 2.24) is 0 Å². The van der Waals surface area contributed by atoms with Gasteiger partial charge in [-0.05, 0) is 74.5 Å². The number of hydrogen-bond donors (Lipinski definition) is 1. The zero-order valence-electron chi connectivity index (χ0n) is 14.9. The van der Waals surface area contributed by atoms with Gasteiger partial charge in [0.2, 0.25) is 0 Å². The van der Waals surface area contributed by atoms with Crippen LogP contribution in [-0.2, 0) is 0 Å². The van der Waals surface area contributed by atoms with Gasteiger partial charge in [0, 0.05) is 4.75 Å². The maximum absolute atomic E-state index is 5.00. The van der Waals surface area contributed by atoms with E-state index in [1.807, 2.05) is 0 Å². The highest BCUT2D eigenvalue weighted by molar-refractivity contribution is 7.81. The van der Waals surface area contributed by atoms with Crippen LogP contribution < -0.4 is 0 Å². The molecule has 0 amide bonds. The predicted molar refractivity (Wildman–Crippen MR) is 95.7 cm³/mol. The van der Waals surface area contributed by atoms with Crippen LogP contribution in [0.25, 0.3) is 0 Å². The summed E-state index contributed by atoms with van der Waals surface area (Å²) in [6, 6.07) is 0. The van der Waals surface area contributed by atoms with Gasteiger partial charge in [-0.25, -0.2) is 0 Å². The minimum Gasteiger partial charge on any atom is -0.173 e. The first kappa shape index (κ1) is 18.4. The van der Waals surface area contributed by atoms with Crippen LogP contribution in [-0.4, -0.2) is 4.75 Å². The fraction of sp³-hybridized carbons (Fsp3) is 1.00. The van der Waals surface area contributed by atoms with Crippen LogP contribution in [0.4, 0.5) is 0 Å². The molecule has 2 unspecified atom stereocenters. The molecule has 20 heavy (non-hydrogen) atoms. The van der Waals surface area contributed by atoms with Gasteiger partial charge in [0.05, 0.1) is 0 Å². The summed E-state index contributed by atoms with van der Waals surface area (Å²) in [5.41, 5.74) is 1.17. The van der Waals surface area contributed by atoms with E-state index in [0.717, 1.165) is 5.92 Å². The quantitative estimate of drug-likeness (QED) is 0.440. The Bertz CT molecular complexity index is 284. The van der Waals surface area contributed by atoms with E-state index in [2.05, 4.69) is 41.5 Å². The highest BCUT2D eigenvalue weighted by Crippen LogP contribution is 2.64. The first-order valence-electron chi connectivity index (χ1n) is 9.11. The minimum absolute atomic E-state index is 0.261. The third-order valence-electron chi connectivity index (χ3n) is 7.39. The second-order valence-electron chi connectivity index (χ2n) is 7.37. The Morgan fingerprint density at radius 3 is 1.75 bits per heavy atom. The maximum Gasteiger partial charge on any atom is 0.0125 e. The smallest absolute Gasteiger partial charge is 0.0125 e. The molecule has 120 valence electrons. The highest BCUT2D eigenvalue weighted by atomic mass is 32.1. The Labute approximate surface area is 133 Å². The molecule has 1 saturated carbocycles. The van der Waals surface area contributed by atoms with Gasteiger partial charge in [-0.1, -0.05) is 41.5 Å². The first-order chi connectivity index (χ1) is 9.39. The second-order valence-corrected chi connectivity index (χ2v) is 8.32. The molecule has 1 aliphatic rings. The lowest BCUT2D eigenvalue weighted by atomic mass is 9.44. The highest BCUT2D eigenvalue weighted by Gasteiger charge is 2.55. The predicted octanol–water partition coefficient (Wildman–Crippen LogP) is 6.89. The van der Waals surface area contributed by atoms with Gasteiger partial charge >= 0.3 is 0 Å². The fourth-order valence-electron chi connectivity index (χ4n) is 5.10. The van der Waals surface area contributed by atoms with E-state index in [0.29, 0.717) is 10.8 Å². The van der Waals surface area contributed by atoms with Gasteiger partial charge in [-0.15, -0.1) is 0 Å². The molecular weight excluding hydrogens is 260 g/mol. The molecule has 0 bridgehead atoms. The zero-order valence-corrected chi connectivity index (χ0v) is 15.8. The van der Waals surface area contributed by atoms with Crippen LogP contribution in [0.15, 0.2) is 0 Å². The Morgan fingerprint density at radius 1 is 0.950 bits per heavy atom. The Hall–Kier alpha value is 0.350. The van der Waals surface area contributed by atoms with Crippen molar-refractivity contribution in [2.24, 2.45) is 16.7 Å². The van der Waals surface area contributed by atoms with Gasteiger partial charge in [0.25, 0.3) is 0 Å². The average Bonchev–Trinajstić information content (AvgIpc) is 2.49. The topological polar surface area (TPSA) is 0 Å². The van der Waals surface area contributed by atoms with Gasteiger partial charge in [-0.2, -0.15) is 12.6 Å². The molecule has 0 nitrogen and oxygen atoms in total. The monoisotopic (exact) mass is 298 g/mol. The third-order valence-corrected chi connectivity index (χ3v) is 8.25. The van der Waals surface area contributed by atoms with E-state index < -0.39 is 0 Å². The molecule has 0 radical (unpaired) electrons. The van der Waals surface area contributed by atoms with Gasteiger partial charge in [-0.3, -0.25) is 0 Å². The lowest BCUT2D eigenvalue weighted by Gasteiger charge is -2.61. The van der Waals surface area contributed by atoms with Gasteiger partial charge in [0.1, 0.15) is 0 Å². The molecule has 0 aromatic rings. The molecule has 2 atom stereocenters. The SMILES string of the molecule is CCC(S)(CC)CCC(CC)(CC)C1(CC)CCC1C. The summed E-state index contributed by atoms with van der Waals surface area (Å²) in [5, 5.41) is 0. The van der Waals surface area contributed by atoms with Crippen LogP contribution in [0.3, 0.4) is 0 Å². The summed E-state index contributed by atoms with van der Waals surface area (Å²) in [6.45, 7) is 14.4. The molecule has 1 heteroatoms. The van der Waals surface area contributed by atoms with Crippen molar-refractivity contribution < 1.29 is 0 Å². The number of rotatable bonds is 9. The Morgan fingerprint density at radius 2 is 1.50 bits per heavy atom. The molecule has 1 fully saturated rings. The van der Waals surface area contributed by atoms with Crippen LogP contribution in [0.2, 0.25) is 0 Å². The molecule has 0 N–H and O–H groups in total.